The summed E-state index contributed by atoms with van der Waals surface area (Å²) in [5.74, 6) is 0.578. The first kappa shape index (κ1) is 13.1. The van der Waals surface area contributed by atoms with Crippen LogP contribution in [0.4, 0.5) is 0 Å². The highest BCUT2D eigenvalue weighted by Gasteiger charge is 2.23. The molecule has 4 nitrogen and oxygen atoms in total. The van der Waals surface area contributed by atoms with Crippen molar-refractivity contribution in [1.82, 2.24) is 9.78 Å². The van der Waals surface area contributed by atoms with Crippen molar-refractivity contribution in [1.29, 1.82) is 0 Å². The van der Waals surface area contributed by atoms with E-state index >= 15 is 0 Å². The summed E-state index contributed by atoms with van der Waals surface area (Å²) < 4.78 is 8.65. The lowest BCUT2D eigenvalue weighted by Gasteiger charge is -2.12. The van der Waals surface area contributed by atoms with E-state index in [2.05, 4.69) is 37.0 Å². The summed E-state index contributed by atoms with van der Waals surface area (Å²) in [6.07, 6.45) is 0.822. The van der Waals surface area contributed by atoms with Gasteiger partial charge in [-0.3, -0.25) is 4.68 Å². The fraction of sp³-hybridized carbons (Fsp3) is 0.300. The van der Waals surface area contributed by atoms with Crippen molar-refractivity contribution in [2.75, 3.05) is 7.11 Å². The minimum absolute atomic E-state index is 0.578. The van der Waals surface area contributed by atoms with E-state index in [1.165, 1.54) is 11.3 Å². The highest BCUT2D eigenvalue weighted by atomic mass is 79.9. The summed E-state index contributed by atoms with van der Waals surface area (Å²) in [6, 6.07) is 1.88. The van der Waals surface area contributed by atoms with Crippen LogP contribution in [0.25, 0.3) is 0 Å². The van der Waals surface area contributed by atoms with Gasteiger partial charge >= 0.3 is 0 Å². The largest absolute Gasteiger partial charge is 0.493 e. The summed E-state index contributed by atoms with van der Waals surface area (Å²) in [5, 5.41) is 14.5. The molecular formula is C10H10Br2N2O2S. The van der Waals surface area contributed by atoms with Gasteiger partial charge in [0, 0.05) is 12.6 Å². The maximum Gasteiger partial charge on any atom is 0.162 e. The molecule has 0 aliphatic carbocycles. The SMILES string of the molecule is COc1cnn(C)c1C(O)c1cc(Br)sc1Br. The van der Waals surface area contributed by atoms with E-state index in [0.29, 0.717) is 11.4 Å². The van der Waals surface area contributed by atoms with Crippen LogP contribution in [0.5, 0.6) is 5.75 Å². The van der Waals surface area contributed by atoms with E-state index in [1.54, 1.807) is 25.0 Å². The van der Waals surface area contributed by atoms with Gasteiger partial charge in [-0.1, -0.05) is 0 Å². The third-order valence-electron chi connectivity index (χ3n) is 2.41. The van der Waals surface area contributed by atoms with Crippen molar-refractivity contribution in [2.45, 2.75) is 6.10 Å². The van der Waals surface area contributed by atoms with Crippen molar-refractivity contribution in [3.8, 4) is 5.75 Å². The molecule has 0 aliphatic rings. The maximum absolute atomic E-state index is 10.4. The fourth-order valence-corrected chi connectivity index (χ4v) is 4.47. The van der Waals surface area contributed by atoms with Crippen molar-refractivity contribution in [3.05, 3.63) is 31.1 Å². The van der Waals surface area contributed by atoms with Crippen molar-refractivity contribution in [3.63, 3.8) is 0 Å². The van der Waals surface area contributed by atoms with Gasteiger partial charge in [0.25, 0.3) is 0 Å². The highest BCUT2D eigenvalue weighted by molar-refractivity contribution is 9.12. The van der Waals surface area contributed by atoms with Crippen LogP contribution in [0.15, 0.2) is 19.8 Å². The van der Waals surface area contributed by atoms with Crippen molar-refractivity contribution >= 4 is 43.2 Å². The van der Waals surface area contributed by atoms with Crippen LogP contribution in [0.2, 0.25) is 0 Å². The van der Waals surface area contributed by atoms with E-state index in [4.69, 9.17) is 4.74 Å². The number of aryl methyl sites for hydroxylation is 1. The lowest BCUT2D eigenvalue weighted by atomic mass is 10.1. The van der Waals surface area contributed by atoms with Crippen LogP contribution in [0.1, 0.15) is 17.4 Å². The number of aliphatic hydroxyl groups is 1. The molecule has 0 bridgehead atoms. The molecule has 2 aromatic heterocycles. The second kappa shape index (κ2) is 5.09. The van der Waals surface area contributed by atoms with E-state index < -0.39 is 6.10 Å². The number of hydrogen-bond donors (Lipinski definition) is 1. The summed E-state index contributed by atoms with van der Waals surface area (Å²) >= 11 is 8.34. The van der Waals surface area contributed by atoms with Gasteiger partial charge in [0.1, 0.15) is 11.8 Å². The maximum atomic E-state index is 10.4. The minimum atomic E-state index is -0.769. The highest BCUT2D eigenvalue weighted by Crippen LogP contribution is 2.39. The molecule has 0 saturated heterocycles. The number of ether oxygens (including phenoxy) is 1. The topological polar surface area (TPSA) is 47.3 Å². The van der Waals surface area contributed by atoms with Gasteiger partial charge in [0.05, 0.1) is 20.9 Å². The first-order chi connectivity index (χ1) is 8.04. The molecule has 1 N–H and O–H groups in total. The molecule has 0 aromatic carbocycles. The number of rotatable bonds is 3. The Kier molecular flexibility index (Phi) is 3.92. The van der Waals surface area contributed by atoms with E-state index in [0.717, 1.165) is 13.1 Å². The van der Waals surface area contributed by atoms with Crippen LogP contribution in [0, 0.1) is 0 Å². The predicted molar refractivity (Wildman–Crippen MR) is 73.5 cm³/mol. The molecule has 7 heteroatoms. The predicted octanol–water partition coefficient (Wildman–Crippen LogP) is 3.10. The third-order valence-corrected chi connectivity index (χ3v) is 4.79. The van der Waals surface area contributed by atoms with E-state index in [9.17, 15) is 5.11 Å². The Balaban J connectivity index is 2.46. The van der Waals surface area contributed by atoms with Gasteiger partial charge in [0.2, 0.25) is 0 Å². The number of hydrogen-bond acceptors (Lipinski definition) is 4. The molecule has 2 heterocycles. The van der Waals surface area contributed by atoms with Gasteiger partial charge in [-0.25, -0.2) is 0 Å². The van der Waals surface area contributed by atoms with Crippen LogP contribution in [-0.4, -0.2) is 22.0 Å². The average molecular weight is 382 g/mol. The monoisotopic (exact) mass is 380 g/mol. The van der Waals surface area contributed by atoms with E-state index in [-0.39, 0.29) is 0 Å². The standard InChI is InChI=1S/C10H10Br2N2O2S/c1-14-8(6(16-2)4-13-14)9(15)5-3-7(11)17-10(5)12/h3-4,9,15H,1-2H3. The molecule has 0 radical (unpaired) electrons. The molecule has 17 heavy (non-hydrogen) atoms. The van der Waals surface area contributed by atoms with Gasteiger partial charge in [0.15, 0.2) is 5.75 Å². The number of aliphatic hydroxyl groups excluding tert-OH is 1. The van der Waals surface area contributed by atoms with E-state index in [1.807, 2.05) is 6.07 Å². The zero-order chi connectivity index (χ0) is 12.6. The first-order valence-electron chi connectivity index (χ1n) is 4.73. The Morgan fingerprint density at radius 3 is 2.76 bits per heavy atom. The summed E-state index contributed by atoms with van der Waals surface area (Å²) in [5.41, 5.74) is 1.43. The quantitative estimate of drug-likeness (QED) is 0.888. The van der Waals surface area contributed by atoms with Gasteiger partial charge in [-0.15, -0.1) is 11.3 Å². The molecule has 0 amide bonds. The Morgan fingerprint density at radius 1 is 1.53 bits per heavy atom. The Morgan fingerprint density at radius 2 is 2.24 bits per heavy atom. The third kappa shape index (κ3) is 2.42. The number of nitrogens with zero attached hydrogens (tertiary/aromatic N) is 2. The van der Waals surface area contributed by atoms with Crippen LogP contribution >= 0.6 is 43.2 Å². The zero-order valence-electron chi connectivity index (χ0n) is 9.15. The number of thiophene rings is 1. The normalized spacial score (nSPS) is 12.8. The van der Waals surface area contributed by atoms with Crippen LogP contribution in [-0.2, 0) is 7.05 Å². The average Bonchev–Trinajstić information content (AvgIpc) is 2.80. The molecule has 1 unspecified atom stereocenters. The Bertz CT molecular complexity index is 538. The molecule has 92 valence electrons. The molecule has 0 fully saturated rings. The Hall–Kier alpha value is -0.370. The second-order valence-corrected chi connectivity index (χ2v) is 7.15. The minimum Gasteiger partial charge on any atom is -0.493 e. The van der Waals surface area contributed by atoms with Gasteiger partial charge < -0.3 is 9.84 Å². The molecule has 0 saturated carbocycles. The number of aromatic nitrogens is 2. The van der Waals surface area contributed by atoms with Crippen molar-refractivity contribution in [2.24, 2.45) is 7.05 Å². The molecular weight excluding hydrogens is 372 g/mol. The van der Waals surface area contributed by atoms with Crippen molar-refractivity contribution < 1.29 is 9.84 Å². The lowest BCUT2D eigenvalue weighted by Crippen LogP contribution is -2.07. The van der Waals surface area contributed by atoms with Crippen LogP contribution < -0.4 is 4.74 Å². The number of halogens is 2. The fourth-order valence-electron chi connectivity index (χ4n) is 1.58. The molecule has 1 atom stereocenters. The zero-order valence-corrected chi connectivity index (χ0v) is 13.1. The first-order valence-corrected chi connectivity index (χ1v) is 7.13. The lowest BCUT2D eigenvalue weighted by molar-refractivity contribution is 0.204. The summed E-state index contributed by atoms with van der Waals surface area (Å²) in [6.45, 7) is 0. The van der Waals surface area contributed by atoms with Gasteiger partial charge in [-0.05, 0) is 37.9 Å². The second-order valence-electron chi connectivity index (χ2n) is 3.40. The summed E-state index contributed by atoms with van der Waals surface area (Å²) in [7, 11) is 3.34. The number of methoxy groups -OCH3 is 1. The summed E-state index contributed by atoms with van der Waals surface area (Å²) in [4.78, 5) is 0. The molecule has 0 spiro atoms. The van der Waals surface area contributed by atoms with Gasteiger partial charge in [-0.2, -0.15) is 5.10 Å². The Labute approximate surface area is 119 Å². The molecule has 0 aliphatic heterocycles. The molecule has 2 rings (SSSR count). The van der Waals surface area contributed by atoms with Crippen LogP contribution in [0.3, 0.4) is 0 Å². The molecule has 2 aromatic rings. The smallest absolute Gasteiger partial charge is 0.162 e.